The number of carbonyl (C=O) groups is 3. The van der Waals surface area contributed by atoms with Crippen LogP contribution in [-0.2, 0) is 24.4 Å². The average molecular weight is 781 g/mol. The van der Waals surface area contributed by atoms with Gasteiger partial charge in [0.1, 0.15) is 34.3 Å². The van der Waals surface area contributed by atoms with Crippen molar-refractivity contribution in [2.75, 3.05) is 13.7 Å². The maximum absolute atomic E-state index is 13.7. The summed E-state index contributed by atoms with van der Waals surface area (Å²) < 4.78 is 38.6. The van der Waals surface area contributed by atoms with E-state index in [2.05, 4.69) is 18.6 Å². The van der Waals surface area contributed by atoms with Gasteiger partial charge in [0.05, 0.1) is 36.2 Å². The molecule has 2 aliphatic carbocycles. The third-order valence-electron chi connectivity index (χ3n) is 10.8. The number of nitrogens with one attached hydrogen (secondary N) is 1. The van der Waals surface area contributed by atoms with E-state index in [1.54, 1.807) is 7.11 Å². The minimum atomic E-state index is -3.51. The van der Waals surface area contributed by atoms with E-state index in [4.69, 9.17) is 30.9 Å². The fourth-order valence-corrected chi connectivity index (χ4v) is 9.50. The van der Waals surface area contributed by atoms with E-state index in [0.29, 0.717) is 48.4 Å². The molecule has 6 rings (SSSR count). The Morgan fingerprint density at radius 3 is 2.56 bits per heavy atom. The number of primary amides is 1. The van der Waals surface area contributed by atoms with Crippen LogP contribution in [0.4, 0.5) is 0 Å². The van der Waals surface area contributed by atoms with Gasteiger partial charge in [-0.3, -0.25) is 19.1 Å². The SMILES string of the molecule is COc1ccc2c(O[C@H]3CN(C(=O)[C@@H](N)CCCCC/C=C\[C@@H]4C[C@@H]4C(=O)NS(=O)(=O)C4CC4)[C@H](C(N)=O)[C@@H]3C)cc(-c3nc(C(C)C)cs3)nc2c1C. The van der Waals surface area contributed by atoms with Gasteiger partial charge in [-0.2, -0.15) is 0 Å². The summed E-state index contributed by atoms with van der Waals surface area (Å²) in [5.41, 5.74) is 15.5. The highest BCUT2D eigenvalue weighted by atomic mass is 32.2. The van der Waals surface area contributed by atoms with Gasteiger partial charge in [0, 0.05) is 34.2 Å². The monoisotopic (exact) mass is 780 g/mol. The summed E-state index contributed by atoms with van der Waals surface area (Å²) in [6, 6.07) is 3.98. The molecule has 5 N–H and O–H groups in total. The van der Waals surface area contributed by atoms with Crippen molar-refractivity contribution in [3.8, 4) is 22.2 Å². The molecule has 2 saturated carbocycles. The number of allylic oxidation sites excluding steroid dienone is 2. The first-order valence-electron chi connectivity index (χ1n) is 18.9. The number of methoxy groups -OCH3 is 1. The predicted octanol–water partition coefficient (Wildman–Crippen LogP) is 4.96. The zero-order valence-corrected chi connectivity index (χ0v) is 33.3. The summed E-state index contributed by atoms with van der Waals surface area (Å²) >= 11 is 1.52. The third kappa shape index (κ3) is 8.73. The summed E-state index contributed by atoms with van der Waals surface area (Å²) in [4.78, 5) is 50.1. The molecule has 6 atom stereocenters. The molecule has 3 aromatic rings. The van der Waals surface area contributed by atoms with Crippen molar-refractivity contribution in [3.63, 3.8) is 0 Å². The molecule has 3 amide bonds. The normalized spacial score (nSPS) is 23.2. The first kappa shape index (κ1) is 39.6. The number of benzene rings is 1. The van der Waals surface area contributed by atoms with Crippen LogP contribution in [-0.4, -0.2) is 78.1 Å². The summed E-state index contributed by atoms with van der Waals surface area (Å²) in [5, 5.41) is 3.16. The van der Waals surface area contributed by atoms with Gasteiger partial charge in [-0.1, -0.05) is 45.8 Å². The van der Waals surface area contributed by atoms with Crippen LogP contribution in [0.5, 0.6) is 11.5 Å². The van der Waals surface area contributed by atoms with Crippen LogP contribution in [0.1, 0.15) is 89.3 Å². The lowest BCUT2D eigenvalue weighted by Crippen LogP contribution is -2.51. The smallest absolute Gasteiger partial charge is 0.240 e. The van der Waals surface area contributed by atoms with E-state index in [1.165, 1.54) is 16.2 Å². The second-order valence-corrected chi connectivity index (χ2v) is 18.1. The number of amides is 3. The second kappa shape index (κ2) is 16.3. The molecule has 0 unspecified atom stereocenters. The van der Waals surface area contributed by atoms with E-state index in [0.717, 1.165) is 47.3 Å². The number of nitrogens with zero attached hydrogens (tertiary/aromatic N) is 3. The van der Waals surface area contributed by atoms with E-state index < -0.39 is 51.2 Å². The van der Waals surface area contributed by atoms with Gasteiger partial charge < -0.3 is 25.8 Å². The Morgan fingerprint density at radius 1 is 1.13 bits per heavy atom. The first-order chi connectivity index (χ1) is 25.7. The molecule has 3 aliphatic rings. The number of ether oxygens (including phenoxy) is 2. The van der Waals surface area contributed by atoms with Crippen LogP contribution in [0.25, 0.3) is 21.6 Å². The van der Waals surface area contributed by atoms with Crippen molar-refractivity contribution in [1.29, 1.82) is 0 Å². The number of aromatic nitrogens is 2. The number of aryl methyl sites for hydroxylation is 1. The number of fused-ring (bicyclic) bond motifs is 1. The van der Waals surface area contributed by atoms with Crippen LogP contribution in [0, 0.1) is 24.7 Å². The van der Waals surface area contributed by atoms with Crippen molar-refractivity contribution in [1.82, 2.24) is 19.6 Å². The third-order valence-corrected chi connectivity index (χ3v) is 13.5. The molecule has 292 valence electrons. The van der Waals surface area contributed by atoms with Crippen LogP contribution < -0.4 is 25.7 Å². The molecular formula is C39H52N6O7S2. The van der Waals surface area contributed by atoms with Crippen molar-refractivity contribution >= 4 is 50.0 Å². The molecule has 3 heterocycles. The van der Waals surface area contributed by atoms with Gasteiger partial charge in [0.2, 0.25) is 27.7 Å². The lowest BCUT2D eigenvalue weighted by molar-refractivity contribution is -0.139. The van der Waals surface area contributed by atoms with E-state index >= 15 is 0 Å². The van der Waals surface area contributed by atoms with Gasteiger partial charge in [-0.15, -0.1) is 11.3 Å². The fraction of sp³-hybridized carbons (Fsp3) is 0.564. The molecule has 13 nitrogen and oxygen atoms in total. The van der Waals surface area contributed by atoms with Gasteiger partial charge in [0.15, 0.2) is 0 Å². The highest BCUT2D eigenvalue weighted by Crippen LogP contribution is 2.41. The lowest BCUT2D eigenvalue weighted by Gasteiger charge is -2.26. The largest absolute Gasteiger partial charge is 0.496 e. The number of hydrogen-bond acceptors (Lipinski definition) is 11. The second-order valence-electron chi connectivity index (χ2n) is 15.3. The lowest BCUT2D eigenvalue weighted by atomic mass is 9.99. The number of thiazole rings is 1. The number of hydrogen-bond donors (Lipinski definition) is 3. The predicted molar refractivity (Wildman–Crippen MR) is 208 cm³/mol. The number of nitrogens with two attached hydrogens (primary N) is 2. The first-order valence-corrected chi connectivity index (χ1v) is 21.3. The molecule has 1 aromatic carbocycles. The molecule has 15 heteroatoms. The topological polar surface area (TPSA) is 197 Å². The van der Waals surface area contributed by atoms with Crippen LogP contribution in [0.3, 0.4) is 0 Å². The Bertz CT molecular complexity index is 2030. The molecule has 54 heavy (non-hydrogen) atoms. The minimum absolute atomic E-state index is 0.0715. The van der Waals surface area contributed by atoms with Gasteiger partial charge in [-0.05, 0) is 69.4 Å². The molecule has 3 fully saturated rings. The highest BCUT2D eigenvalue weighted by Gasteiger charge is 2.47. The van der Waals surface area contributed by atoms with Gasteiger partial charge in [0.25, 0.3) is 0 Å². The number of pyridine rings is 1. The maximum Gasteiger partial charge on any atom is 0.240 e. The molecular weight excluding hydrogens is 729 g/mol. The zero-order chi connectivity index (χ0) is 38.9. The summed E-state index contributed by atoms with van der Waals surface area (Å²) in [6.07, 6.45) is 9.11. The van der Waals surface area contributed by atoms with Crippen LogP contribution in [0.15, 0.2) is 35.7 Å². The molecule has 0 spiro atoms. The van der Waals surface area contributed by atoms with Crippen molar-refractivity contribution < 1.29 is 32.3 Å². The van der Waals surface area contributed by atoms with Gasteiger partial charge >= 0.3 is 0 Å². The molecule has 1 aliphatic heterocycles. The molecule has 0 bridgehead atoms. The van der Waals surface area contributed by atoms with Crippen LogP contribution in [0.2, 0.25) is 0 Å². The molecule has 1 saturated heterocycles. The van der Waals surface area contributed by atoms with Crippen LogP contribution >= 0.6 is 11.3 Å². The Labute approximate surface area is 321 Å². The summed E-state index contributed by atoms with van der Waals surface area (Å²) in [6.45, 7) is 8.16. The van der Waals surface area contributed by atoms with Gasteiger partial charge in [-0.25, -0.2) is 18.4 Å². The Hall–Kier alpha value is -4.08. The molecule has 0 radical (unpaired) electrons. The number of likely N-dealkylation sites (tertiary alicyclic amines) is 1. The number of rotatable bonds is 17. The standard InChI is InChI=1S/C39H52N6O7S2/c1-21(2)30-20-53-38(43-30)29-18-32(26-15-16-31(51-5)22(3)34(26)42-29)52-33-19-45(35(23(33)4)36(41)46)39(48)28(40)12-10-8-6-7-9-11-24-17-27(24)37(47)44-54(49,50)25-13-14-25/h9,11,15-16,18,20-21,23-25,27-28,33,35H,6-8,10,12-14,17,19,40H2,1-5H3,(H2,41,46)(H,44,47)/b11-9-/t23-,24-,27+,28+,33+,35+/m1/s1. The average Bonchev–Trinajstić information content (AvgIpc) is 4.05. The summed E-state index contributed by atoms with van der Waals surface area (Å²) in [7, 11) is -1.90. The minimum Gasteiger partial charge on any atom is -0.496 e. The Kier molecular flexibility index (Phi) is 12.0. The zero-order valence-electron chi connectivity index (χ0n) is 31.6. The number of carbonyl (C=O) groups excluding carboxylic acids is 3. The van der Waals surface area contributed by atoms with Crippen molar-refractivity contribution in [2.45, 2.75) is 108 Å². The van der Waals surface area contributed by atoms with Crippen molar-refractivity contribution in [2.24, 2.45) is 29.2 Å². The van der Waals surface area contributed by atoms with E-state index in [9.17, 15) is 22.8 Å². The quantitative estimate of drug-likeness (QED) is 0.124. The number of sulfonamides is 1. The fourth-order valence-electron chi connectivity index (χ4n) is 7.20. The highest BCUT2D eigenvalue weighted by molar-refractivity contribution is 7.90. The number of unbranched alkanes of at least 4 members (excludes halogenated alkanes) is 3. The van der Waals surface area contributed by atoms with E-state index in [1.807, 2.05) is 49.6 Å². The maximum atomic E-state index is 13.7. The Morgan fingerprint density at radius 2 is 1.89 bits per heavy atom. The Balaban J connectivity index is 1.05. The molecule has 2 aromatic heterocycles. The van der Waals surface area contributed by atoms with Crippen molar-refractivity contribution in [3.05, 3.63) is 47.0 Å². The summed E-state index contributed by atoms with van der Waals surface area (Å²) in [5.74, 6) is -0.416. The van der Waals surface area contributed by atoms with E-state index in [-0.39, 0.29) is 30.2 Å².